The van der Waals surface area contributed by atoms with Crippen LogP contribution in [0.2, 0.25) is 0 Å². The van der Waals surface area contributed by atoms with Crippen LogP contribution in [0.15, 0.2) is 18.7 Å². The van der Waals surface area contributed by atoms with Crippen LogP contribution in [0.4, 0.5) is 0 Å². The van der Waals surface area contributed by atoms with Gasteiger partial charge in [-0.1, -0.05) is 6.92 Å². The van der Waals surface area contributed by atoms with Crippen molar-refractivity contribution >= 4 is 11.9 Å². The molecule has 2 atom stereocenters. The summed E-state index contributed by atoms with van der Waals surface area (Å²) in [6, 6.07) is -0.666. The van der Waals surface area contributed by atoms with Gasteiger partial charge in [0, 0.05) is 31.9 Å². The lowest BCUT2D eigenvalue weighted by Gasteiger charge is -2.23. The van der Waals surface area contributed by atoms with Crippen molar-refractivity contribution in [2.75, 3.05) is 6.54 Å². The van der Waals surface area contributed by atoms with Crippen LogP contribution in [0.1, 0.15) is 19.8 Å². The fourth-order valence-corrected chi connectivity index (χ4v) is 2.39. The summed E-state index contributed by atoms with van der Waals surface area (Å²) in [4.78, 5) is 28.6. The molecular formula is C12H17N3O3. The van der Waals surface area contributed by atoms with Gasteiger partial charge in [0.05, 0.1) is 6.33 Å². The lowest BCUT2D eigenvalue weighted by atomic mass is 10.0. The maximum Gasteiger partial charge on any atom is 0.326 e. The smallest absolute Gasteiger partial charge is 0.326 e. The minimum Gasteiger partial charge on any atom is -0.480 e. The Morgan fingerprint density at radius 1 is 1.50 bits per heavy atom. The third-order valence-electron chi connectivity index (χ3n) is 3.42. The molecule has 1 fully saturated rings. The Balaban J connectivity index is 1.94. The summed E-state index contributed by atoms with van der Waals surface area (Å²) in [7, 11) is 0. The summed E-state index contributed by atoms with van der Waals surface area (Å²) in [5.41, 5.74) is 0. The highest BCUT2D eigenvalue weighted by Gasteiger charge is 2.38. The molecule has 2 heterocycles. The number of hydrogen-bond donors (Lipinski definition) is 1. The fraction of sp³-hybridized carbons (Fsp3) is 0.583. The van der Waals surface area contributed by atoms with E-state index in [1.165, 1.54) is 4.90 Å². The summed E-state index contributed by atoms with van der Waals surface area (Å²) in [6.45, 7) is 2.96. The maximum absolute atomic E-state index is 12.0. The van der Waals surface area contributed by atoms with Crippen molar-refractivity contribution < 1.29 is 14.7 Å². The molecule has 1 aromatic rings. The van der Waals surface area contributed by atoms with Crippen LogP contribution in [-0.4, -0.2) is 44.0 Å². The Hall–Kier alpha value is -1.85. The molecule has 6 nitrogen and oxygen atoms in total. The van der Waals surface area contributed by atoms with Gasteiger partial charge in [0.1, 0.15) is 6.04 Å². The number of likely N-dealkylation sites (tertiary alicyclic amines) is 1. The number of carbonyl (C=O) groups excluding carboxylic acids is 1. The zero-order valence-electron chi connectivity index (χ0n) is 10.3. The number of aromatic nitrogens is 2. The van der Waals surface area contributed by atoms with Crippen LogP contribution in [0.5, 0.6) is 0 Å². The number of carboxylic acids is 1. The average Bonchev–Trinajstić information content (AvgIpc) is 2.94. The van der Waals surface area contributed by atoms with E-state index in [4.69, 9.17) is 5.11 Å². The van der Waals surface area contributed by atoms with Crippen LogP contribution in [-0.2, 0) is 16.1 Å². The van der Waals surface area contributed by atoms with Gasteiger partial charge >= 0.3 is 5.97 Å². The second-order valence-electron chi connectivity index (χ2n) is 4.69. The van der Waals surface area contributed by atoms with E-state index in [1.54, 1.807) is 18.7 Å². The lowest BCUT2D eigenvalue weighted by Crippen LogP contribution is -2.43. The van der Waals surface area contributed by atoms with Crippen molar-refractivity contribution in [1.82, 2.24) is 14.5 Å². The molecule has 6 heteroatoms. The molecule has 1 amide bonds. The molecule has 2 rings (SSSR count). The van der Waals surface area contributed by atoms with E-state index in [2.05, 4.69) is 4.98 Å². The van der Waals surface area contributed by atoms with Gasteiger partial charge in [-0.25, -0.2) is 9.78 Å². The number of aryl methyl sites for hydroxylation is 1. The third-order valence-corrected chi connectivity index (χ3v) is 3.42. The topological polar surface area (TPSA) is 75.4 Å². The number of amides is 1. The van der Waals surface area contributed by atoms with E-state index < -0.39 is 12.0 Å². The van der Waals surface area contributed by atoms with Gasteiger partial charge in [0.25, 0.3) is 0 Å². The predicted octanol–water partition coefficient (Wildman–Crippen LogP) is 0.595. The standard InChI is InChI=1S/C12H17N3O3/c1-9-2-6-15(11(9)12(17)18)10(16)3-5-14-7-4-13-8-14/h4,7-9,11H,2-3,5-6H2,1H3,(H,17,18). The Labute approximate surface area is 105 Å². The van der Waals surface area contributed by atoms with Gasteiger partial charge in [-0.2, -0.15) is 0 Å². The van der Waals surface area contributed by atoms with Crippen molar-refractivity contribution in [3.63, 3.8) is 0 Å². The summed E-state index contributed by atoms with van der Waals surface area (Å²) < 4.78 is 1.81. The van der Waals surface area contributed by atoms with Crippen molar-refractivity contribution in [1.29, 1.82) is 0 Å². The first-order chi connectivity index (χ1) is 8.59. The van der Waals surface area contributed by atoms with Crippen LogP contribution in [0.3, 0.4) is 0 Å². The highest BCUT2D eigenvalue weighted by Crippen LogP contribution is 2.24. The normalized spacial score (nSPS) is 23.3. The second-order valence-corrected chi connectivity index (χ2v) is 4.69. The molecule has 0 bridgehead atoms. The molecule has 18 heavy (non-hydrogen) atoms. The van der Waals surface area contributed by atoms with Gasteiger partial charge in [-0.3, -0.25) is 4.79 Å². The van der Waals surface area contributed by atoms with E-state index in [1.807, 2.05) is 11.5 Å². The van der Waals surface area contributed by atoms with E-state index in [0.717, 1.165) is 6.42 Å². The van der Waals surface area contributed by atoms with Crippen LogP contribution < -0.4 is 0 Å². The number of carboxylic acid groups (broad SMARTS) is 1. The molecule has 2 unspecified atom stereocenters. The van der Waals surface area contributed by atoms with E-state index >= 15 is 0 Å². The highest BCUT2D eigenvalue weighted by molar-refractivity contribution is 5.84. The zero-order valence-corrected chi connectivity index (χ0v) is 10.3. The van der Waals surface area contributed by atoms with E-state index in [0.29, 0.717) is 19.5 Å². The lowest BCUT2D eigenvalue weighted by molar-refractivity contribution is -0.149. The Morgan fingerprint density at radius 3 is 2.89 bits per heavy atom. The number of aliphatic carboxylic acids is 1. The van der Waals surface area contributed by atoms with Crippen molar-refractivity contribution in [2.45, 2.75) is 32.4 Å². The van der Waals surface area contributed by atoms with Crippen molar-refractivity contribution in [2.24, 2.45) is 5.92 Å². The average molecular weight is 251 g/mol. The van der Waals surface area contributed by atoms with Crippen molar-refractivity contribution in [3.05, 3.63) is 18.7 Å². The highest BCUT2D eigenvalue weighted by atomic mass is 16.4. The zero-order chi connectivity index (χ0) is 13.1. The molecule has 0 spiro atoms. The number of imidazole rings is 1. The molecule has 0 saturated carbocycles. The van der Waals surface area contributed by atoms with Crippen LogP contribution >= 0.6 is 0 Å². The van der Waals surface area contributed by atoms with Gasteiger partial charge in [-0.15, -0.1) is 0 Å². The Morgan fingerprint density at radius 2 is 2.28 bits per heavy atom. The molecule has 0 aromatic carbocycles. The molecular weight excluding hydrogens is 234 g/mol. The summed E-state index contributed by atoms with van der Waals surface area (Å²) >= 11 is 0. The number of rotatable bonds is 4. The third kappa shape index (κ3) is 2.52. The monoisotopic (exact) mass is 251 g/mol. The Bertz CT molecular complexity index is 430. The van der Waals surface area contributed by atoms with E-state index in [-0.39, 0.29) is 11.8 Å². The fourth-order valence-electron chi connectivity index (χ4n) is 2.39. The molecule has 1 aliphatic heterocycles. The summed E-state index contributed by atoms with van der Waals surface area (Å²) in [6.07, 6.45) is 6.16. The van der Waals surface area contributed by atoms with Gasteiger partial charge in [0.15, 0.2) is 0 Å². The van der Waals surface area contributed by atoms with Crippen molar-refractivity contribution in [3.8, 4) is 0 Å². The summed E-state index contributed by atoms with van der Waals surface area (Å²) in [5.74, 6) is -0.976. The van der Waals surface area contributed by atoms with Crippen LogP contribution in [0, 0.1) is 5.92 Å². The number of carbonyl (C=O) groups is 2. The predicted molar refractivity (Wildman–Crippen MR) is 63.8 cm³/mol. The Kier molecular flexibility index (Phi) is 3.64. The first-order valence-electron chi connectivity index (χ1n) is 6.07. The largest absolute Gasteiger partial charge is 0.480 e. The van der Waals surface area contributed by atoms with E-state index in [9.17, 15) is 9.59 Å². The number of hydrogen-bond acceptors (Lipinski definition) is 3. The SMILES string of the molecule is CC1CCN(C(=O)CCn2ccnc2)C1C(=O)O. The van der Waals surface area contributed by atoms with Crippen LogP contribution in [0.25, 0.3) is 0 Å². The first-order valence-corrected chi connectivity index (χ1v) is 6.07. The van der Waals surface area contributed by atoms with Gasteiger partial charge in [-0.05, 0) is 12.3 Å². The number of nitrogens with zero attached hydrogens (tertiary/aromatic N) is 3. The van der Waals surface area contributed by atoms with Gasteiger partial charge < -0.3 is 14.6 Å². The first kappa shape index (κ1) is 12.6. The molecule has 1 aliphatic rings. The molecule has 1 saturated heterocycles. The molecule has 1 aromatic heterocycles. The molecule has 1 N–H and O–H groups in total. The minimum atomic E-state index is -0.906. The van der Waals surface area contributed by atoms with Gasteiger partial charge in [0.2, 0.25) is 5.91 Å². The summed E-state index contributed by atoms with van der Waals surface area (Å²) in [5, 5.41) is 9.15. The molecule has 0 aliphatic carbocycles. The minimum absolute atomic E-state index is 0.0275. The second kappa shape index (κ2) is 5.20. The molecule has 0 radical (unpaired) electrons. The quantitative estimate of drug-likeness (QED) is 0.850. The maximum atomic E-state index is 12.0. The molecule has 98 valence electrons.